The van der Waals surface area contributed by atoms with E-state index in [1.807, 2.05) is 30.4 Å². The fourth-order valence-electron chi connectivity index (χ4n) is 2.61. The molecule has 0 atom stereocenters. The third kappa shape index (κ3) is 3.06. The highest BCUT2D eigenvalue weighted by Crippen LogP contribution is 2.25. The lowest BCUT2D eigenvalue weighted by molar-refractivity contribution is 0.0598. The van der Waals surface area contributed by atoms with Crippen LogP contribution < -0.4 is 5.56 Å². The van der Waals surface area contributed by atoms with Crippen LogP contribution in [-0.2, 0) is 4.74 Å². The molecular weight excluding hydrogens is 304 g/mol. The van der Waals surface area contributed by atoms with Crippen LogP contribution in [0.15, 0.2) is 58.9 Å². The molecule has 1 aliphatic rings. The third-order valence-corrected chi connectivity index (χ3v) is 4.00. The quantitative estimate of drug-likeness (QED) is 0.815. The van der Waals surface area contributed by atoms with Gasteiger partial charge < -0.3 is 4.74 Å². The molecular formula is C19H18N2O3. The molecule has 1 aromatic heterocycles. The van der Waals surface area contributed by atoms with E-state index < -0.39 is 11.5 Å². The summed E-state index contributed by atoms with van der Waals surface area (Å²) in [6, 6.07) is 10.6. The Bertz CT molecular complexity index is 893. The Kier molecular flexibility index (Phi) is 4.42. The van der Waals surface area contributed by atoms with Crippen molar-refractivity contribution in [3.8, 4) is 5.69 Å². The van der Waals surface area contributed by atoms with Gasteiger partial charge in [0.2, 0.25) is 0 Å². The molecule has 2 aromatic rings. The molecule has 5 heteroatoms. The normalized spacial score (nSPS) is 13.9. The first kappa shape index (κ1) is 15.9. The number of benzene rings is 1. The standard InChI is InChI=1S/C19H18N2O3/c1-13-8-10-14(11-9-13)17-12-16(19(23)24-2)18(22)21(20-17)15-6-4-3-5-7-15/h3-8,10,12H,9,11H2,1-2H3. The summed E-state index contributed by atoms with van der Waals surface area (Å²) in [4.78, 5) is 24.6. The van der Waals surface area contributed by atoms with E-state index in [-0.39, 0.29) is 5.56 Å². The number of hydrogen-bond donors (Lipinski definition) is 0. The van der Waals surface area contributed by atoms with E-state index >= 15 is 0 Å². The topological polar surface area (TPSA) is 61.2 Å². The van der Waals surface area contributed by atoms with Crippen LogP contribution in [0.3, 0.4) is 0 Å². The zero-order valence-electron chi connectivity index (χ0n) is 13.7. The van der Waals surface area contributed by atoms with Gasteiger partial charge in [0.1, 0.15) is 5.56 Å². The number of ether oxygens (including phenoxy) is 1. The Hall–Kier alpha value is -2.95. The zero-order chi connectivity index (χ0) is 17.1. The number of carbonyl (C=O) groups excluding carboxylic acids is 1. The molecule has 0 bridgehead atoms. The molecule has 122 valence electrons. The van der Waals surface area contributed by atoms with E-state index in [0.29, 0.717) is 11.4 Å². The summed E-state index contributed by atoms with van der Waals surface area (Å²) >= 11 is 0. The average Bonchev–Trinajstić information content (AvgIpc) is 2.63. The molecule has 0 spiro atoms. The monoisotopic (exact) mass is 322 g/mol. The number of allylic oxidation sites excluding steroid dienone is 4. The molecule has 1 aromatic carbocycles. The number of aromatic nitrogens is 2. The predicted octanol–water partition coefficient (Wildman–Crippen LogP) is 3.14. The first-order valence-electron chi connectivity index (χ1n) is 7.75. The van der Waals surface area contributed by atoms with Crippen LogP contribution in [-0.4, -0.2) is 22.9 Å². The van der Waals surface area contributed by atoms with Crippen molar-refractivity contribution < 1.29 is 9.53 Å². The van der Waals surface area contributed by atoms with Gasteiger partial charge in [-0.2, -0.15) is 9.78 Å². The van der Waals surface area contributed by atoms with Crippen molar-refractivity contribution in [2.24, 2.45) is 0 Å². The smallest absolute Gasteiger partial charge is 0.343 e. The maximum atomic E-state index is 12.6. The minimum Gasteiger partial charge on any atom is -0.465 e. The molecule has 0 unspecified atom stereocenters. The van der Waals surface area contributed by atoms with Gasteiger partial charge in [-0.05, 0) is 43.5 Å². The van der Waals surface area contributed by atoms with E-state index in [1.54, 1.807) is 12.1 Å². The van der Waals surface area contributed by atoms with Gasteiger partial charge in [-0.25, -0.2) is 4.79 Å². The minimum atomic E-state index is -0.656. The number of hydrogen-bond acceptors (Lipinski definition) is 4. The summed E-state index contributed by atoms with van der Waals surface area (Å²) in [5.74, 6) is -0.656. The Balaban J connectivity index is 2.21. The van der Waals surface area contributed by atoms with E-state index in [2.05, 4.69) is 12.0 Å². The molecule has 1 aliphatic carbocycles. The second kappa shape index (κ2) is 6.66. The van der Waals surface area contributed by atoms with Crippen LogP contribution in [0, 0.1) is 0 Å². The minimum absolute atomic E-state index is 0.0153. The Labute approximate surface area is 139 Å². The molecule has 0 saturated heterocycles. The van der Waals surface area contributed by atoms with Crippen LogP contribution in [0.2, 0.25) is 0 Å². The number of esters is 1. The van der Waals surface area contributed by atoms with E-state index in [1.165, 1.54) is 23.4 Å². The summed E-state index contributed by atoms with van der Waals surface area (Å²) in [7, 11) is 1.26. The number of carbonyl (C=O) groups is 1. The highest BCUT2D eigenvalue weighted by Gasteiger charge is 2.19. The second-order valence-corrected chi connectivity index (χ2v) is 5.69. The molecule has 3 rings (SSSR count). The third-order valence-electron chi connectivity index (χ3n) is 4.00. The Morgan fingerprint density at radius 2 is 1.92 bits per heavy atom. The molecule has 0 amide bonds. The van der Waals surface area contributed by atoms with Crippen molar-refractivity contribution in [1.82, 2.24) is 9.78 Å². The molecule has 5 nitrogen and oxygen atoms in total. The molecule has 0 radical (unpaired) electrons. The molecule has 24 heavy (non-hydrogen) atoms. The predicted molar refractivity (Wildman–Crippen MR) is 92.1 cm³/mol. The van der Waals surface area contributed by atoms with Gasteiger partial charge in [0.05, 0.1) is 18.5 Å². The average molecular weight is 322 g/mol. The van der Waals surface area contributed by atoms with Crippen LogP contribution >= 0.6 is 0 Å². The van der Waals surface area contributed by atoms with E-state index in [0.717, 1.165) is 18.4 Å². The molecule has 0 N–H and O–H groups in total. The summed E-state index contributed by atoms with van der Waals surface area (Å²) in [6.07, 6.45) is 5.78. The van der Waals surface area contributed by atoms with Crippen molar-refractivity contribution in [2.45, 2.75) is 19.8 Å². The van der Waals surface area contributed by atoms with Gasteiger partial charge >= 0.3 is 5.97 Å². The molecule has 0 saturated carbocycles. The van der Waals surface area contributed by atoms with Crippen LogP contribution in [0.1, 0.15) is 35.8 Å². The molecule has 1 heterocycles. The van der Waals surface area contributed by atoms with Gasteiger partial charge in [0.25, 0.3) is 5.56 Å². The van der Waals surface area contributed by atoms with Gasteiger partial charge in [-0.1, -0.05) is 35.9 Å². The number of rotatable bonds is 3. The molecule has 0 fully saturated rings. The lowest BCUT2D eigenvalue weighted by atomic mass is 9.96. The van der Waals surface area contributed by atoms with Gasteiger partial charge in [0.15, 0.2) is 0 Å². The summed E-state index contributed by atoms with van der Waals surface area (Å²) < 4.78 is 6.01. The second-order valence-electron chi connectivity index (χ2n) is 5.69. The maximum Gasteiger partial charge on any atom is 0.343 e. The summed E-state index contributed by atoms with van der Waals surface area (Å²) in [6.45, 7) is 2.07. The highest BCUT2D eigenvalue weighted by molar-refractivity contribution is 5.90. The van der Waals surface area contributed by atoms with E-state index in [4.69, 9.17) is 4.74 Å². The fourth-order valence-corrected chi connectivity index (χ4v) is 2.61. The fraction of sp³-hybridized carbons (Fsp3) is 0.211. The lowest BCUT2D eigenvalue weighted by Crippen LogP contribution is -2.29. The highest BCUT2D eigenvalue weighted by atomic mass is 16.5. The number of para-hydroxylation sites is 1. The Morgan fingerprint density at radius 1 is 1.17 bits per heavy atom. The first-order valence-corrected chi connectivity index (χ1v) is 7.75. The maximum absolute atomic E-state index is 12.6. The Morgan fingerprint density at radius 3 is 2.54 bits per heavy atom. The zero-order valence-corrected chi connectivity index (χ0v) is 13.7. The van der Waals surface area contributed by atoms with E-state index in [9.17, 15) is 9.59 Å². The van der Waals surface area contributed by atoms with Crippen molar-refractivity contribution in [1.29, 1.82) is 0 Å². The number of methoxy groups -OCH3 is 1. The van der Waals surface area contributed by atoms with Crippen molar-refractivity contribution in [2.75, 3.05) is 7.11 Å². The van der Waals surface area contributed by atoms with Crippen molar-refractivity contribution >= 4 is 11.5 Å². The van der Waals surface area contributed by atoms with Gasteiger partial charge in [0, 0.05) is 0 Å². The van der Waals surface area contributed by atoms with Gasteiger partial charge in [-0.3, -0.25) is 4.79 Å². The molecule has 0 aliphatic heterocycles. The first-order chi connectivity index (χ1) is 11.6. The van der Waals surface area contributed by atoms with Crippen LogP contribution in [0.5, 0.6) is 0 Å². The van der Waals surface area contributed by atoms with Crippen LogP contribution in [0.25, 0.3) is 11.3 Å². The van der Waals surface area contributed by atoms with Crippen LogP contribution in [0.4, 0.5) is 0 Å². The van der Waals surface area contributed by atoms with Crippen molar-refractivity contribution in [3.05, 3.63) is 75.7 Å². The SMILES string of the molecule is COC(=O)c1cc(C2=CC=C(C)CC2)nn(-c2ccccc2)c1=O. The lowest BCUT2D eigenvalue weighted by Gasteiger charge is -2.14. The number of nitrogens with zero attached hydrogens (tertiary/aromatic N) is 2. The van der Waals surface area contributed by atoms with Crippen molar-refractivity contribution in [3.63, 3.8) is 0 Å². The largest absolute Gasteiger partial charge is 0.465 e. The summed E-state index contributed by atoms with van der Waals surface area (Å²) in [5.41, 5.74) is 3.01. The van der Waals surface area contributed by atoms with Gasteiger partial charge in [-0.15, -0.1) is 0 Å². The summed E-state index contributed by atoms with van der Waals surface area (Å²) in [5, 5.41) is 4.47.